The lowest BCUT2D eigenvalue weighted by Crippen LogP contribution is -2.15. The van der Waals surface area contributed by atoms with Gasteiger partial charge < -0.3 is 11.1 Å². The van der Waals surface area contributed by atoms with Gasteiger partial charge in [0.15, 0.2) is 0 Å². The fourth-order valence-electron chi connectivity index (χ4n) is 1.64. The Bertz CT molecular complexity index is 389. The molecule has 0 saturated heterocycles. The molecule has 88 valence electrons. The normalized spacial score (nSPS) is 20.1. The van der Waals surface area contributed by atoms with E-state index in [0.717, 1.165) is 31.8 Å². The van der Waals surface area contributed by atoms with Crippen molar-refractivity contribution in [1.82, 2.24) is 5.32 Å². The molecule has 0 aromatic rings. The Morgan fingerprint density at radius 2 is 2.19 bits per heavy atom. The Morgan fingerprint density at radius 1 is 1.50 bits per heavy atom. The van der Waals surface area contributed by atoms with Gasteiger partial charge in [0.2, 0.25) is 0 Å². The molecule has 1 atom stereocenters. The van der Waals surface area contributed by atoms with E-state index in [1.54, 1.807) is 0 Å². The molecule has 0 radical (unpaired) electrons. The average molecular weight is 237 g/mol. The minimum Gasteiger partial charge on any atom is -0.399 e. The monoisotopic (exact) mass is 237 g/mol. The second kappa shape index (κ2) is 5.86. The van der Waals surface area contributed by atoms with Crippen LogP contribution >= 0.6 is 8.58 Å². The standard InChI is InChI=1S/C12H20N3P/c1-8(9(2)14-3)12(15-4)10-5-11(13)7-16-6-10/h5,7,14,16H,6,13H2,1-4H3/b9-8+,15-12?. The summed E-state index contributed by atoms with van der Waals surface area (Å²) in [5.74, 6) is 2.08. The summed E-state index contributed by atoms with van der Waals surface area (Å²) in [5.41, 5.74) is 11.3. The largest absolute Gasteiger partial charge is 0.399 e. The van der Waals surface area contributed by atoms with Crippen LogP contribution in [0.5, 0.6) is 0 Å². The topological polar surface area (TPSA) is 50.4 Å². The highest BCUT2D eigenvalue weighted by Gasteiger charge is 2.12. The lowest BCUT2D eigenvalue weighted by atomic mass is 10.0. The zero-order valence-corrected chi connectivity index (χ0v) is 11.4. The average Bonchev–Trinajstić information content (AvgIpc) is 2.29. The van der Waals surface area contributed by atoms with Crippen molar-refractivity contribution in [1.29, 1.82) is 0 Å². The first kappa shape index (κ1) is 13.0. The van der Waals surface area contributed by atoms with Crippen LogP contribution in [0, 0.1) is 0 Å². The second-order valence-corrected chi connectivity index (χ2v) is 4.82. The molecule has 0 bridgehead atoms. The molecule has 0 saturated carbocycles. The Kier molecular flexibility index (Phi) is 4.75. The zero-order chi connectivity index (χ0) is 12.1. The molecule has 1 heterocycles. The lowest BCUT2D eigenvalue weighted by Gasteiger charge is -2.16. The molecule has 0 aromatic carbocycles. The van der Waals surface area contributed by atoms with Crippen molar-refractivity contribution < 1.29 is 0 Å². The smallest absolute Gasteiger partial charge is 0.0653 e. The summed E-state index contributed by atoms with van der Waals surface area (Å²) in [5, 5.41) is 3.16. The van der Waals surface area contributed by atoms with Gasteiger partial charge in [-0.1, -0.05) is 8.58 Å². The third-order valence-electron chi connectivity index (χ3n) is 2.72. The van der Waals surface area contributed by atoms with Crippen LogP contribution in [0.15, 0.2) is 39.4 Å². The Labute approximate surface area is 99.4 Å². The van der Waals surface area contributed by atoms with Crippen molar-refractivity contribution in [3.05, 3.63) is 34.4 Å². The van der Waals surface area contributed by atoms with Crippen molar-refractivity contribution >= 4 is 14.3 Å². The molecule has 0 aliphatic carbocycles. The van der Waals surface area contributed by atoms with Gasteiger partial charge in [-0.2, -0.15) is 0 Å². The predicted octanol–water partition coefficient (Wildman–Crippen LogP) is 1.99. The van der Waals surface area contributed by atoms with E-state index in [4.69, 9.17) is 5.73 Å². The van der Waals surface area contributed by atoms with Gasteiger partial charge in [0.05, 0.1) is 5.71 Å². The highest BCUT2D eigenvalue weighted by atomic mass is 31.1. The first-order valence-corrected chi connectivity index (χ1v) is 6.61. The third kappa shape index (κ3) is 2.96. The van der Waals surface area contributed by atoms with Crippen LogP contribution in [0.4, 0.5) is 0 Å². The maximum absolute atomic E-state index is 5.83. The molecule has 1 aliphatic heterocycles. The van der Waals surface area contributed by atoms with Crippen molar-refractivity contribution in [3.8, 4) is 0 Å². The maximum Gasteiger partial charge on any atom is 0.0653 e. The maximum atomic E-state index is 5.83. The quantitative estimate of drug-likeness (QED) is 0.582. The van der Waals surface area contributed by atoms with Crippen molar-refractivity contribution in [2.75, 3.05) is 20.3 Å². The number of aliphatic imine (C=N–C) groups is 1. The summed E-state index contributed by atoms with van der Waals surface area (Å²) < 4.78 is 0. The van der Waals surface area contributed by atoms with E-state index < -0.39 is 0 Å². The van der Waals surface area contributed by atoms with Crippen molar-refractivity contribution in [3.63, 3.8) is 0 Å². The Balaban J connectivity index is 3.06. The summed E-state index contributed by atoms with van der Waals surface area (Å²) >= 11 is 0. The molecule has 16 heavy (non-hydrogen) atoms. The van der Waals surface area contributed by atoms with Gasteiger partial charge in [-0.25, -0.2) is 0 Å². The number of allylic oxidation sites excluding steroid dienone is 4. The van der Waals surface area contributed by atoms with E-state index in [1.165, 1.54) is 11.1 Å². The van der Waals surface area contributed by atoms with Gasteiger partial charge in [-0.05, 0) is 43.0 Å². The number of nitrogens with one attached hydrogen (secondary N) is 1. The number of rotatable bonds is 3. The molecule has 1 unspecified atom stereocenters. The Morgan fingerprint density at radius 3 is 2.69 bits per heavy atom. The molecule has 0 spiro atoms. The summed E-state index contributed by atoms with van der Waals surface area (Å²) in [6.45, 7) is 4.15. The molecule has 1 aliphatic rings. The van der Waals surface area contributed by atoms with Gasteiger partial charge in [-0.3, -0.25) is 4.99 Å². The number of nitrogens with two attached hydrogens (primary N) is 1. The second-order valence-electron chi connectivity index (χ2n) is 3.77. The third-order valence-corrected chi connectivity index (χ3v) is 3.85. The van der Waals surface area contributed by atoms with Gasteiger partial charge in [0.1, 0.15) is 0 Å². The highest BCUT2D eigenvalue weighted by Crippen LogP contribution is 2.26. The molecule has 1 rings (SSSR count). The summed E-state index contributed by atoms with van der Waals surface area (Å²) in [6, 6.07) is 0. The molecule has 3 N–H and O–H groups in total. The Hall–Kier alpha value is -1.08. The number of hydrogen-bond donors (Lipinski definition) is 2. The van der Waals surface area contributed by atoms with Crippen molar-refractivity contribution in [2.45, 2.75) is 13.8 Å². The summed E-state index contributed by atoms with van der Waals surface area (Å²) in [4.78, 5) is 4.39. The van der Waals surface area contributed by atoms with E-state index >= 15 is 0 Å². The predicted molar refractivity (Wildman–Crippen MR) is 74.3 cm³/mol. The zero-order valence-electron chi connectivity index (χ0n) is 10.4. The fourth-order valence-corrected chi connectivity index (χ4v) is 2.55. The van der Waals surface area contributed by atoms with Crippen LogP contribution in [0.3, 0.4) is 0 Å². The van der Waals surface area contributed by atoms with E-state index in [1.807, 2.05) is 20.2 Å². The SMILES string of the molecule is CN=C(C1=CC(N)=CPC1)/C(C)=C(\C)NC. The van der Waals surface area contributed by atoms with E-state index in [-0.39, 0.29) is 0 Å². The molecule has 4 heteroatoms. The summed E-state index contributed by atoms with van der Waals surface area (Å²) in [6.07, 6.45) is 3.08. The molecule has 3 nitrogen and oxygen atoms in total. The number of hydrogen-bond acceptors (Lipinski definition) is 3. The van der Waals surface area contributed by atoms with Gasteiger partial charge in [-0.15, -0.1) is 0 Å². The lowest BCUT2D eigenvalue weighted by molar-refractivity contribution is 0.973. The fraction of sp³-hybridized carbons (Fsp3) is 0.417. The molecular weight excluding hydrogens is 217 g/mol. The van der Waals surface area contributed by atoms with Crippen LogP contribution in [-0.2, 0) is 0 Å². The summed E-state index contributed by atoms with van der Waals surface area (Å²) in [7, 11) is 4.53. The first-order valence-electron chi connectivity index (χ1n) is 5.32. The van der Waals surface area contributed by atoms with Crippen molar-refractivity contribution in [2.24, 2.45) is 10.7 Å². The van der Waals surface area contributed by atoms with Crippen LogP contribution in [0.25, 0.3) is 0 Å². The van der Waals surface area contributed by atoms with Crippen LogP contribution < -0.4 is 11.1 Å². The van der Waals surface area contributed by atoms with Gasteiger partial charge in [0.25, 0.3) is 0 Å². The highest BCUT2D eigenvalue weighted by molar-refractivity contribution is 7.42. The van der Waals surface area contributed by atoms with E-state index in [0.29, 0.717) is 0 Å². The van der Waals surface area contributed by atoms with E-state index in [9.17, 15) is 0 Å². The van der Waals surface area contributed by atoms with E-state index in [2.05, 4.69) is 30.0 Å². The molecular formula is C12H20N3P. The number of nitrogens with zero attached hydrogens (tertiary/aromatic N) is 1. The first-order chi connectivity index (χ1) is 7.60. The molecule has 0 amide bonds. The minimum absolute atomic E-state index is 0.766. The molecule has 0 fully saturated rings. The van der Waals surface area contributed by atoms with Crippen LogP contribution in [0.1, 0.15) is 13.8 Å². The van der Waals surface area contributed by atoms with Gasteiger partial charge in [0, 0.05) is 25.5 Å². The van der Waals surface area contributed by atoms with Gasteiger partial charge >= 0.3 is 0 Å². The van der Waals surface area contributed by atoms with Crippen LogP contribution in [0.2, 0.25) is 0 Å². The van der Waals surface area contributed by atoms with Crippen LogP contribution in [-0.4, -0.2) is 26.0 Å². The minimum atomic E-state index is 0.766. The molecule has 0 aromatic heterocycles.